The molecule has 2 N–H and O–H groups in total. The summed E-state index contributed by atoms with van der Waals surface area (Å²) >= 11 is 0. The number of anilines is 1. The van der Waals surface area contributed by atoms with Crippen molar-refractivity contribution in [1.29, 1.82) is 0 Å². The summed E-state index contributed by atoms with van der Waals surface area (Å²) in [7, 11) is 1.35. The van der Waals surface area contributed by atoms with Gasteiger partial charge in [0.25, 0.3) is 5.91 Å². The molecular weight excluding hydrogens is 394 g/mol. The van der Waals surface area contributed by atoms with Crippen molar-refractivity contribution in [3.8, 4) is 5.75 Å². The summed E-state index contributed by atoms with van der Waals surface area (Å²) in [6.45, 7) is 0.508. The molecule has 7 heteroatoms. The molecule has 31 heavy (non-hydrogen) atoms. The van der Waals surface area contributed by atoms with Crippen LogP contribution in [0.4, 0.5) is 5.69 Å². The number of carbonyl (C=O) groups is 2. The Balaban J connectivity index is 1.42. The maximum atomic E-state index is 11.8. The van der Waals surface area contributed by atoms with Gasteiger partial charge < -0.3 is 14.8 Å². The van der Waals surface area contributed by atoms with Gasteiger partial charge in [0.2, 0.25) is 0 Å². The summed E-state index contributed by atoms with van der Waals surface area (Å²) in [5.74, 6) is 0.0944. The molecule has 158 valence electrons. The summed E-state index contributed by atoms with van der Waals surface area (Å²) in [5, 5.41) is 6.98. The van der Waals surface area contributed by atoms with E-state index in [0.717, 1.165) is 16.8 Å². The Bertz CT molecular complexity index is 1020. The molecule has 0 unspecified atom stereocenters. The Morgan fingerprint density at radius 2 is 1.65 bits per heavy atom. The van der Waals surface area contributed by atoms with Crippen LogP contribution in [0.15, 0.2) is 84.0 Å². The van der Waals surface area contributed by atoms with Crippen LogP contribution in [-0.4, -0.2) is 31.7 Å². The van der Waals surface area contributed by atoms with Gasteiger partial charge in [-0.05, 0) is 59.7 Å². The summed E-state index contributed by atoms with van der Waals surface area (Å²) in [6, 6.07) is 23.9. The van der Waals surface area contributed by atoms with E-state index in [-0.39, 0.29) is 18.4 Å². The van der Waals surface area contributed by atoms with Gasteiger partial charge in [0.15, 0.2) is 0 Å². The lowest BCUT2D eigenvalue weighted by atomic mass is 10.1. The van der Waals surface area contributed by atoms with Gasteiger partial charge in [-0.15, -0.1) is 0 Å². The zero-order valence-corrected chi connectivity index (χ0v) is 17.1. The monoisotopic (exact) mass is 417 g/mol. The van der Waals surface area contributed by atoms with E-state index in [0.29, 0.717) is 17.9 Å². The molecule has 1 amide bonds. The number of hydrogen-bond acceptors (Lipinski definition) is 6. The topological polar surface area (TPSA) is 89.0 Å². The zero-order valence-electron chi connectivity index (χ0n) is 17.1. The fourth-order valence-electron chi connectivity index (χ4n) is 2.63. The van der Waals surface area contributed by atoms with E-state index >= 15 is 0 Å². The number of rotatable bonds is 9. The average Bonchev–Trinajstić information content (AvgIpc) is 2.83. The second-order valence-corrected chi connectivity index (χ2v) is 6.56. The molecule has 0 radical (unpaired) electrons. The van der Waals surface area contributed by atoms with Crippen LogP contribution in [0.1, 0.15) is 21.5 Å². The van der Waals surface area contributed by atoms with E-state index in [1.54, 1.807) is 18.3 Å². The number of benzene rings is 3. The van der Waals surface area contributed by atoms with E-state index in [2.05, 4.69) is 20.6 Å². The predicted molar refractivity (Wildman–Crippen MR) is 119 cm³/mol. The second kappa shape index (κ2) is 11.2. The third-order valence-corrected chi connectivity index (χ3v) is 4.29. The third-order valence-electron chi connectivity index (χ3n) is 4.29. The van der Waals surface area contributed by atoms with Crippen molar-refractivity contribution in [2.45, 2.75) is 6.61 Å². The first-order valence-electron chi connectivity index (χ1n) is 9.65. The first-order chi connectivity index (χ1) is 15.1. The molecule has 3 aromatic rings. The molecule has 0 atom stereocenters. The van der Waals surface area contributed by atoms with Crippen molar-refractivity contribution in [1.82, 2.24) is 5.43 Å². The number of para-hydroxylation sites is 1. The maximum absolute atomic E-state index is 11.8. The minimum Gasteiger partial charge on any atom is -0.489 e. The number of carbonyl (C=O) groups excluding carboxylic acids is 2. The molecule has 0 spiro atoms. The van der Waals surface area contributed by atoms with Crippen LogP contribution in [0.2, 0.25) is 0 Å². The second-order valence-electron chi connectivity index (χ2n) is 6.56. The van der Waals surface area contributed by atoms with Crippen molar-refractivity contribution < 1.29 is 19.1 Å². The van der Waals surface area contributed by atoms with Gasteiger partial charge in [0, 0.05) is 5.69 Å². The van der Waals surface area contributed by atoms with Crippen LogP contribution in [0.5, 0.6) is 5.75 Å². The van der Waals surface area contributed by atoms with E-state index < -0.39 is 0 Å². The molecule has 3 rings (SSSR count). The van der Waals surface area contributed by atoms with Gasteiger partial charge in [-0.1, -0.05) is 30.3 Å². The molecule has 0 aliphatic rings. The molecule has 0 aliphatic carbocycles. The van der Waals surface area contributed by atoms with Crippen molar-refractivity contribution in [3.63, 3.8) is 0 Å². The highest BCUT2D eigenvalue weighted by molar-refractivity contribution is 5.89. The Morgan fingerprint density at radius 3 is 2.32 bits per heavy atom. The summed E-state index contributed by atoms with van der Waals surface area (Å²) in [5.41, 5.74) is 5.61. The van der Waals surface area contributed by atoms with E-state index in [1.807, 2.05) is 66.7 Å². The molecule has 0 aromatic heterocycles. The Morgan fingerprint density at radius 1 is 0.935 bits per heavy atom. The molecule has 0 saturated heterocycles. The van der Waals surface area contributed by atoms with E-state index in [1.165, 1.54) is 7.11 Å². The van der Waals surface area contributed by atoms with Crippen molar-refractivity contribution >= 4 is 23.8 Å². The minimum atomic E-state index is -0.367. The highest BCUT2D eigenvalue weighted by atomic mass is 16.5. The molecular formula is C24H23N3O4. The highest BCUT2D eigenvalue weighted by Gasteiger charge is 2.04. The number of nitrogens with one attached hydrogen (secondary N) is 2. The number of methoxy groups -OCH3 is 1. The standard InChI is InChI=1S/C24H23N3O4/c1-30-24(29)20-11-7-19(8-12-20)17-31-22-13-9-18(10-14-22)15-26-27-23(28)16-25-21-5-3-2-4-6-21/h2-15,25H,16-17H2,1H3,(H,27,28)/b26-15-. The summed E-state index contributed by atoms with van der Waals surface area (Å²) < 4.78 is 10.4. The van der Waals surface area contributed by atoms with Crippen LogP contribution in [0, 0.1) is 0 Å². The normalized spacial score (nSPS) is 10.5. The lowest BCUT2D eigenvalue weighted by Crippen LogP contribution is -2.25. The molecule has 0 saturated carbocycles. The number of esters is 1. The average molecular weight is 417 g/mol. The first kappa shape index (κ1) is 21.6. The number of ether oxygens (including phenoxy) is 2. The Labute approximate surface area is 180 Å². The van der Waals surface area contributed by atoms with Crippen LogP contribution < -0.4 is 15.5 Å². The van der Waals surface area contributed by atoms with E-state index in [9.17, 15) is 9.59 Å². The zero-order chi connectivity index (χ0) is 21.9. The quantitative estimate of drug-likeness (QED) is 0.315. The largest absolute Gasteiger partial charge is 0.489 e. The van der Waals surface area contributed by atoms with Crippen LogP contribution in [-0.2, 0) is 16.1 Å². The van der Waals surface area contributed by atoms with Crippen molar-refractivity contribution in [3.05, 3.63) is 95.6 Å². The van der Waals surface area contributed by atoms with Crippen molar-refractivity contribution in [2.24, 2.45) is 5.10 Å². The van der Waals surface area contributed by atoms with Gasteiger partial charge in [-0.3, -0.25) is 4.79 Å². The van der Waals surface area contributed by atoms with Gasteiger partial charge in [-0.2, -0.15) is 5.10 Å². The number of amides is 1. The molecule has 0 bridgehead atoms. The Kier molecular flexibility index (Phi) is 7.77. The fraction of sp³-hybridized carbons (Fsp3) is 0.125. The number of nitrogens with zero attached hydrogens (tertiary/aromatic N) is 1. The van der Waals surface area contributed by atoms with Crippen LogP contribution in [0.25, 0.3) is 0 Å². The SMILES string of the molecule is COC(=O)c1ccc(COc2ccc(/C=N\NC(=O)CNc3ccccc3)cc2)cc1. The Hall–Kier alpha value is -4.13. The molecule has 0 heterocycles. The number of hydrogen-bond donors (Lipinski definition) is 2. The van der Waals surface area contributed by atoms with Gasteiger partial charge in [-0.25, -0.2) is 10.2 Å². The highest BCUT2D eigenvalue weighted by Crippen LogP contribution is 2.14. The maximum Gasteiger partial charge on any atom is 0.337 e. The molecule has 0 fully saturated rings. The van der Waals surface area contributed by atoms with Crippen molar-refractivity contribution in [2.75, 3.05) is 19.0 Å². The smallest absolute Gasteiger partial charge is 0.337 e. The summed E-state index contributed by atoms with van der Waals surface area (Å²) in [6.07, 6.45) is 1.57. The lowest BCUT2D eigenvalue weighted by Gasteiger charge is -2.07. The minimum absolute atomic E-state index is 0.134. The molecule has 7 nitrogen and oxygen atoms in total. The van der Waals surface area contributed by atoms with Gasteiger partial charge in [0.05, 0.1) is 25.4 Å². The van der Waals surface area contributed by atoms with Crippen LogP contribution in [0.3, 0.4) is 0 Å². The first-order valence-corrected chi connectivity index (χ1v) is 9.65. The van der Waals surface area contributed by atoms with Crippen LogP contribution >= 0.6 is 0 Å². The predicted octanol–water partition coefficient (Wildman–Crippen LogP) is 3.61. The number of hydrazone groups is 1. The van der Waals surface area contributed by atoms with Gasteiger partial charge >= 0.3 is 5.97 Å². The van der Waals surface area contributed by atoms with Gasteiger partial charge in [0.1, 0.15) is 12.4 Å². The molecule has 3 aromatic carbocycles. The summed E-state index contributed by atoms with van der Waals surface area (Å²) in [4.78, 5) is 23.3. The third kappa shape index (κ3) is 7.01. The lowest BCUT2D eigenvalue weighted by molar-refractivity contribution is -0.119. The molecule has 0 aliphatic heterocycles. The fourth-order valence-corrected chi connectivity index (χ4v) is 2.63. The van der Waals surface area contributed by atoms with E-state index in [4.69, 9.17) is 4.74 Å².